The third kappa shape index (κ3) is 3.31. The van der Waals surface area contributed by atoms with E-state index >= 15 is 0 Å². The van der Waals surface area contributed by atoms with E-state index in [4.69, 9.17) is 4.42 Å². The number of likely N-dealkylation sites (tertiary alicyclic amines) is 1. The number of amides is 1. The van der Waals surface area contributed by atoms with Crippen molar-refractivity contribution in [2.75, 3.05) is 13.6 Å². The van der Waals surface area contributed by atoms with Gasteiger partial charge in [-0.2, -0.15) is 5.10 Å². The fraction of sp³-hybridized carbons (Fsp3) is 0.619. The Morgan fingerprint density at radius 2 is 2.04 bits per heavy atom. The molecule has 6 heteroatoms. The maximum atomic E-state index is 12.4. The van der Waals surface area contributed by atoms with Gasteiger partial charge in [0, 0.05) is 50.2 Å². The van der Waals surface area contributed by atoms with Gasteiger partial charge in [-0.05, 0) is 38.3 Å². The molecule has 0 radical (unpaired) electrons. The molecule has 146 valence electrons. The van der Waals surface area contributed by atoms with Crippen LogP contribution < -0.4 is 5.32 Å². The van der Waals surface area contributed by atoms with Crippen LogP contribution in [0.25, 0.3) is 0 Å². The summed E-state index contributed by atoms with van der Waals surface area (Å²) < 4.78 is 7.90. The van der Waals surface area contributed by atoms with Crippen LogP contribution >= 0.6 is 0 Å². The number of hydrogen-bond acceptors (Lipinski definition) is 4. The minimum atomic E-state index is 0.0816. The molecule has 1 aliphatic heterocycles. The lowest BCUT2D eigenvalue weighted by Gasteiger charge is -2.26. The zero-order valence-electron chi connectivity index (χ0n) is 17.0. The zero-order valence-corrected chi connectivity index (χ0v) is 17.0. The van der Waals surface area contributed by atoms with E-state index in [1.807, 2.05) is 30.6 Å². The summed E-state index contributed by atoms with van der Waals surface area (Å²) in [5, 5.41) is 8.07. The van der Waals surface area contributed by atoms with E-state index < -0.39 is 0 Å². The van der Waals surface area contributed by atoms with E-state index in [2.05, 4.69) is 36.4 Å². The molecule has 0 aromatic carbocycles. The Morgan fingerprint density at radius 3 is 2.67 bits per heavy atom. The molecule has 1 saturated carbocycles. The highest BCUT2D eigenvalue weighted by Crippen LogP contribution is 2.47. The second kappa shape index (κ2) is 6.82. The van der Waals surface area contributed by atoms with Crippen LogP contribution in [0.15, 0.2) is 16.5 Å². The molecule has 27 heavy (non-hydrogen) atoms. The summed E-state index contributed by atoms with van der Waals surface area (Å²) in [7, 11) is 3.87. The topological polar surface area (TPSA) is 63.3 Å². The first kappa shape index (κ1) is 18.3. The van der Waals surface area contributed by atoms with Crippen molar-refractivity contribution in [2.24, 2.45) is 18.9 Å². The van der Waals surface area contributed by atoms with E-state index in [9.17, 15) is 4.79 Å². The molecule has 0 unspecified atom stereocenters. The first-order valence-electron chi connectivity index (χ1n) is 9.92. The standard InChI is InChI=1S/C21H30N4O2/c1-12-8-17(12)18-7-6-16(27-18)11-22-10-15-9-19(26)24(4)21(15)20-13(2)23-25(5)14(20)3/h6-7,12,15,17,21-22H,8-11H2,1-5H3/t12-,15-,17-,21+/m0/s1. The highest BCUT2D eigenvalue weighted by Gasteiger charge is 2.41. The van der Waals surface area contributed by atoms with Gasteiger partial charge in [0.25, 0.3) is 0 Å². The molecule has 1 aliphatic carbocycles. The van der Waals surface area contributed by atoms with E-state index in [1.54, 1.807) is 0 Å². The van der Waals surface area contributed by atoms with Crippen molar-refractivity contribution in [1.82, 2.24) is 20.0 Å². The van der Waals surface area contributed by atoms with Crippen LogP contribution in [0.4, 0.5) is 0 Å². The number of carbonyl (C=O) groups excluding carboxylic acids is 1. The van der Waals surface area contributed by atoms with Gasteiger partial charge in [0.2, 0.25) is 5.91 Å². The van der Waals surface area contributed by atoms with Crippen LogP contribution in [0.5, 0.6) is 0 Å². The summed E-state index contributed by atoms with van der Waals surface area (Å²) >= 11 is 0. The quantitative estimate of drug-likeness (QED) is 0.849. The minimum absolute atomic E-state index is 0.0816. The van der Waals surface area contributed by atoms with Crippen molar-refractivity contribution < 1.29 is 9.21 Å². The summed E-state index contributed by atoms with van der Waals surface area (Å²) in [5.74, 6) is 3.91. The summed E-state index contributed by atoms with van der Waals surface area (Å²) in [4.78, 5) is 14.3. The Morgan fingerprint density at radius 1 is 1.30 bits per heavy atom. The van der Waals surface area contributed by atoms with Crippen LogP contribution in [0, 0.1) is 25.7 Å². The number of carbonyl (C=O) groups is 1. The minimum Gasteiger partial charge on any atom is -0.464 e. The Hall–Kier alpha value is -2.08. The molecule has 0 spiro atoms. The average molecular weight is 370 g/mol. The molecule has 2 aromatic heterocycles. The second-order valence-corrected chi connectivity index (χ2v) is 8.38. The molecule has 3 heterocycles. The zero-order chi connectivity index (χ0) is 19.3. The van der Waals surface area contributed by atoms with Crippen molar-refractivity contribution in [2.45, 2.75) is 52.1 Å². The highest BCUT2D eigenvalue weighted by atomic mass is 16.3. The van der Waals surface area contributed by atoms with Crippen LogP contribution in [0.3, 0.4) is 0 Å². The van der Waals surface area contributed by atoms with Crippen molar-refractivity contribution in [1.29, 1.82) is 0 Å². The smallest absolute Gasteiger partial charge is 0.223 e. The number of nitrogens with one attached hydrogen (secondary N) is 1. The van der Waals surface area contributed by atoms with Crippen LogP contribution in [-0.4, -0.2) is 34.2 Å². The number of hydrogen-bond donors (Lipinski definition) is 1. The Labute approximate surface area is 160 Å². The third-order valence-corrected chi connectivity index (χ3v) is 6.42. The molecule has 4 atom stereocenters. The van der Waals surface area contributed by atoms with Gasteiger partial charge in [-0.3, -0.25) is 9.48 Å². The maximum absolute atomic E-state index is 12.4. The van der Waals surface area contributed by atoms with E-state index in [0.29, 0.717) is 18.9 Å². The second-order valence-electron chi connectivity index (χ2n) is 8.38. The van der Waals surface area contributed by atoms with Gasteiger partial charge in [-0.1, -0.05) is 6.92 Å². The first-order chi connectivity index (χ1) is 12.9. The number of aromatic nitrogens is 2. The van der Waals surface area contributed by atoms with Crippen molar-refractivity contribution in [3.8, 4) is 0 Å². The normalized spacial score (nSPS) is 27.6. The maximum Gasteiger partial charge on any atom is 0.223 e. The molecule has 2 aliphatic rings. The summed E-state index contributed by atoms with van der Waals surface area (Å²) in [6.07, 6.45) is 1.81. The van der Waals surface area contributed by atoms with Gasteiger partial charge in [0.05, 0.1) is 18.3 Å². The lowest BCUT2D eigenvalue weighted by molar-refractivity contribution is -0.127. The van der Waals surface area contributed by atoms with Crippen molar-refractivity contribution in [3.05, 3.63) is 40.6 Å². The lowest BCUT2D eigenvalue weighted by atomic mass is 9.92. The fourth-order valence-corrected chi connectivity index (χ4v) is 4.57. The Balaban J connectivity index is 1.42. The van der Waals surface area contributed by atoms with Gasteiger partial charge in [-0.15, -0.1) is 0 Å². The average Bonchev–Trinajstić information content (AvgIpc) is 2.94. The van der Waals surface area contributed by atoms with Crippen LogP contribution in [-0.2, 0) is 18.4 Å². The first-order valence-corrected chi connectivity index (χ1v) is 9.92. The third-order valence-electron chi connectivity index (χ3n) is 6.42. The molecular weight excluding hydrogens is 340 g/mol. The van der Waals surface area contributed by atoms with Crippen molar-refractivity contribution in [3.63, 3.8) is 0 Å². The van der Waals surface area contributed by atoms with E-state index in [0.717, 1.165) is 35.4 Å². The number of nitrogens with zero attached hydrogens (tertiary/aromatic N) is 3. The SMILES string of the molecule is Cc1nn(C)c(C)c1[C@H]1[C@H](CNCc2ccc([C@H]3C[C@@H]3C)o2)CC(=O)N1C. The van der Waals surface area contributed by atoms with Gasteiger partial charge >= 0.3 is 0 Å². The number of rotatable bonds is 6. The predicted octanol–water partition coefficient (Wildman–Crippen LogP) is 3.06. The largest absolute Gasteiger partial charge is 0.464 e. The molecule has 1 saturated heterocycles. The number of aryl methyl sites for hydroxylation is 2. The summed E-state index contributed by atoms with van der Waals surface area (Å²) in [5.41, 5.74) is 3.35. The van der Waals surface area contributed by atoms with Gasteiger partial charge in [0.1, 0.15) is 11.5 Å². The van der Waals surface area contributed by atoms with Gasteiger partial charge in [-0.25, -0.2) is 0 Å². The molecule has 4 rings (SSSR count). The molecule has 1 amide bonds. The van der Waals surface area contributed by atoms with Gasteiger partial charge in [0.15, 0.2) is 0 Å². The van der Waals surface area contributed by atoms with Crippen LogP contribution in [0.1, 0.15) is 60.2 Å². The van der Waals surface area contributed by atoms with Gasteiger partial charge < -0.3 is 14.6 Å². The van der Waals surface area contributed by atoms with Crippen LogP contribution in [0.2, 0.25) is 0 Å². The molecule has 1 N–H and O–H groups in total. The van der Waals surface area contributed by atoms with E-state index in [1.165, 1.54) is 12.0 Å². The summed E-state index contributed by atoms with van der Waals surface area (Å²) in [6.45, 7) is 7.87. The Kier molecular flexibility index (Phi) is 4.62. The molecular formula is C21H30N4O2. The predicted molar refractivity (Wildman–Crippen MR) is 103 cm³/mol. The molecule has 6 nitrogen and oxygen atoms in total. The van der Waals surface area contributed by atoms with Crippen molar-refractivity contribution >= 4 is 5.91 Å². The Bertz CT molecular complexity index is 852. The molecule has 2 fully saturated rings. The lowest BCUT2D eigenvalue weighted by Crippen LogP contribution is -2.29. The monoisotopic (exact) mass is 370 g/mol. The molecule has 2 aromatic rings. The number of furan rings is 1. The molecule has 0 bridgehead atoms. The fourth-order valence-electron chi connectivity index (χ4n) is 4.57. The van der Waals surface area contributed by atoms with E-state index in [-0.39, 0.29) is 17.9 Å². The summed E-state index contributed by atoms with van der Waals surface area (Å²) in [6, 6.07) is 4.27. The highest BCUT2D eigenvalue weighted by molar-refractivity contribution is 5.79.